The van der Waals surface area contributed by atoms with Gasteiger partial charge in [0, 0.05) is 44.6 Å². The Morgan fingerprint density at radius 3 is 2.54 bits per heavy atom. The molecule has 2 amide bonds. The normalized spacial score (nSPS) is 16.2. The smallest absolute Gasteiger partial charge is 0.377 e. The van der Waals surface area contributed by atoms with Crippen LogP contribution in [0.4, 0.5) is 23.7 Å². The van der Waals surface area contributed by atoms with E-state index in [1.165, 1.54) is 24.7 Å². The summed E-state index contributed by atoms with van der Waals surface area (Å²) in [6.07, 6.45) is 4.57. The lowest BCUT2D eigenvalue weighted by Gasteiger charge is -2.32. The number of nitrogens with zero attached hydrogens (tertiary/aromatic N) is 7. The Morgan fingerprint density at radius 2 is 1.89 bits per heavy atom. The summed E-state index contributed by atoms with van der Waals surface area (Å²) >= 11 is 0. The number of carbonyl (C=O) groups is 2. The molecular weight excluding hydrogens is 605 g/mol. The van der Waals surface area contributed by atoms with Crippen molar-refractivity contribution in [1.82, 2.24) is 34.9 Å². The van der Waals surface area contributed by atoms with E-state index in [-0.39, 0.29) is 16.8 Å². The van der Waals surface area contributed by atoms with Crippen LogP contribution in [0.3, 0.4) is 0 Å². The van der Waals surface area contributed by atoms with Gasteiger partial charge in [-0.2, -0.15) is 18.3 Å². The SMILES string of the molecule is CNC(=O)N(OC(=O)C(F)(F)F)c1ccc(-c2nc(C3=CCOCC3)c3cnn(C4CCN(Cc5cccnc5)CC4)c3n2)cc1. The molecule has 2 aliphatic rings. The van der Waals surface area contributed by atoms with Crippen molar-refractivity contribution in [3.63, 3.8) is 0 Å². The van der Waals surface area contributed by atoms with Crippen LogP contribution in [0.1, 0.15) is 36.6 Å². The van der Waals surface area contributed by atoms with Crippen LogP contribution in [0, 0.1) is 0 Å². The Kier molecular flexibility index (Phi) is 8.94. The average molecular weight is 637 g/mol. The van der Waals surface area contributed by atoms with E-state index in [0.717, 1.165) is 49.1 Å². The quantitative estimate of drug-likeness (QED) is 0.300. The van der Waals surface area contributed by atoms with Crippen molar-refractivity contribution in [1.29, 1.82) is 0 Å². The third kappa shape index (κ3) is 6.70. The fraction of sp³-hybridized carbons (Fsp3) is 0.355. The number of carbonyl (C=O) groups excluding carboxylic acids is 2. The van der Waals surface area contributed by atoms with E-state index in [2.05, 4.69) is 26.1 Å². The lowest BCUT2D eigenvalue weighted by Crippen LogP contribution is -2.43. The number of ether oxygens (including phenoxy) is 1. The first-order chi connectivity index (χ1) is 22.2. The van der Waals surface area contributed by atoms with Gasteiger partial charge in [-0.25, -0.2) is 24.2 Å². The summed E-state index contributed by atoms with van der Waals surface area (Å²) in [7, 11) is 1.20. The van der Waals surface area contributed by atoms with E-state index in [4.69, 9.17) is 19.8 Å². The van der Waals surface area contributed by atoms with Crippen LogP contribution >= 0.6 is 0 Å². The maximum atomic E-state index is 12.9. The minimum atomic E-state index is -5.29. The molecule has 6 rings (SSSR count). The van der Waals surface area contributed by atoms with Crippen LogP contribution in [0.5, 0.6) is 0 Å². The fourth-order valence-electron chi connectivity index (χ4n) is 5.57. The molecule has 5 heterocycles. The fourth-order valence-corrected chi connectivity index (χ4v) is 5.57. The van der Waals surface area contributed by atoms with Gasteiger partial charge in [-0.05, 0) is 60.7 Å². The summed E-state index contributed by atoms with van der Waals surface area (Å²) in [5, 5.41) is 8.00. The highest BCUT2D eigenvalue weighted by atomic mass is 19.4. The molecule has 12 nitrogen and oxygen atoms in total. The van der Waals surface area contributed by atoms with E-state index in [0.29, 0.717) is 36.7 Å². The summed E-state index contributed by atoms with van der Waals surface area (Å²) in [6.45, 7) is 3.61. The van der Waals surface area contributed by atoms with Gasteiger partial charge in [0.1, 0.15) is 0 Å². The van der Waals surface area contributed by atoms with Gasteiger partial charge in [-0.3, -0.25) is 9.88 Å². The molecule has 0 aliphatic carbocycles. The molecule has 1 aromatic carbocycles. The molecule has 2 aliphatic heterocycles. The number of pyridine rings is 1. The first kappa shape index (κ1) is 31.1. The second-order valence-corrected chi connectivity index (χ2v) is 10.9. The van der Waals surface area contributed by atoms with E-state index in [1.54, 1.807) is 24.5 Å². The standard InChI is InChI=1S/C31H31F3N8O4/c1-35-30(44)42(46-29(43)31(32,33)34)24-6-4-22(5-7-24)27-38-26(21-10-15-45-16-11-21)25-18-37-41(28(25)39-27)23-8-13-40(14-9-23)19-20-3-2-12-36-17-20/h2-7,10,12,17-18,23H,8-9,11,13-16,19H2,1H3,(H,35,44). The molecule has 0 atom stereocenters. The molecule has 3 aromatic heterocycles. The van der Waals surface area contributed by atoms with Crippen LogP contribution in [-0.2, 0) is 20.9 Å². The zero-order valence-corrected chi connectivity index (χ0v) is 24.9. The number of urea groups is 1. The van der Waals surface area contributed by atoms with Gasteiger partial charge in [0.05, 0.1) is 42.2 Å². The van der Waals surface area contributed by atoms with Crippen molar-refractivity contribution in [2.24, 2.45) is 0 Å². The van der Waals surface area contributed by atoms with Crippen LogP contribution in [0.25, 0.3) is 28.0 Å². The van der Waals surface area contributed by atoms with Gasteiger partial charge in [0.15, 0.2) is 11.5 Å². The molecule has 0 radical (unpaired) electrons. The Labute approximate surface area is 261 Å². The van der Waals surface area contributed by atoms with E-state index in [9.17, 15) is 22.8 Å². The summed E-state index contributed by atoms with van der Waals surface area (Å²) in [4.78, 5) is 44.5. The summed E-state index contributed by atoms with van der Waals surface area (Å²) in [5.74, 6) is -2.16. The number of nitrogens with one attached hydrogen (secondary N) is 1. The summed E-state index contributed by atoms with van der Waals surface area (Å²) in [5.41, 5.74) is 4.02. The lowest BCUT2D eigenvalue weighted by molar-refractivity contribution is -0.199. The third-order valence-electron chi connectivity index (χ3n) is 7.92. The van der Waals surface area contributed by atoms with E-state index in [1.807, 2.05) is 23.0 Å². The van der Waals surface area contributed by atoms with Crippen molar-refractivity contribution in [3.8, 4) is 11.4 Å². The molecule has 46 heavy (non-hydrogen) atoms. The van der Waals surface area contributed by atoms with Crippen LogP contribution in [0.15, 0.2) is 61.1 Å². The molecule has 1 saturated heterocycles. The predicted molar refractivity (Wildman–Crippen MR) is 161 cm³/mol. The number of hydroxylamine groups is 1. The number of alkyl halides is 3. The number of halogens is 3. The monoisotopic (exact) mass is 636 g/mol. The molecule has 15 heteroatoms. The van der Waals surface area contributed by atoms with Gasteiger partial charge >= 0.3 is 18.2 Å². The van der Waals surface area contributed by atoms with Gasteiger partial charge in [0.2, 0.25) is 0 Å². The van der Waals surface area contributed by atoms with Crippen molar-refractivity contribution in [2.45, 2.75) is 38.0 Å². The average Bonchev–Trinajstić information content (AvgIpc) is 3.51. The first-order valence-electron chi connectivity index (χ1n) is 14.8. The van der Waals surface area contributed by atoms with Gasteiger partial charge < -0.3 is 14.9 Å². The highest BCUT2D eigenvalue weighted by Gasteiger charge is 2.43. The number of benzene rings is 1. The number of hydrogen-bond donors (Lipinski definition) is 1. The molecule has 240 valence electrons. The lowest BCUT2D eigenvalue weighted by atomic mass is 10.0. The highest BCUT2D eigenvalue weighted by Crippen LogP contribution is 2.33. The van der Waals surface area contributed by atoms with Crippen molar-refractivity contribution in [3.05, 3.63) is 72.3 Å². The summed E-state index contributed by atoms with van der Waals surface area (Å²) < 4.78 is 46.1. The highest BCUT2D eigenvalue weighted by molar-refractivity contribution is 5.93. The van der Waals surface area contributed by atoms with Crippen molar-refractivity contribution in [2.75, 3.05) is 38.4 Å². The maximum absolute atomic E-state index is 12.9. The predicted octanol–water partition coefficient (Wildman–Crippen LogP) is 4.70. The zero-order valence-electron chi connectivity index (χ0n) is 24.9. The maximum Gasteiger partial charge on any atom is 0.493 e. The molecule has 4 aromatic rings. The van der Waals surface area contributed by atoms with Gasteiger partial charge in [0.25, 0.3) is 0 Å². The molecule has 0 bridgehead atoms. The second kappa shape index (κ2) is 13.2. The Hall–Kier alpha value is -4.89. The Bertz CT molecular complexity index is 1740. The van der Waals surface area contributed by atoms with Crippen LogP contribution < -0.4 is 10.4 Å². The third-order valence-corrected chi connectivity index (χ3v) is 7.92. The van der Waals surface area contributed by atoms with Gasteiger partial charge in [-0.15, -0.1) is 5.06 Å². The molecule has 0 unspecified atom stereocenters. The second-order valence-electron chi connectivity index (χ2n) is 10.9. The molecule has 1 fully saturated rings. The number of fused-ring (bicyclic) bond motifs is 1. The number of anilines is 1. The number of aromatic nitrogens is 5. The minimum Gasteiger partial charge on any atom is -0.377 e. The topological polar surface area (TPSA) is 128 Å². The number of hydrogen-bond acceptors (Lipinski definition) is 9. The Balaban J connectivity index is 1.30. The van der Waals surface area contributed by atoms with Gasteiger partial charge in [-0.1, -0.05) is 12.1 Å². The van der Waals surface area contributed by atoms with E-state index < -0.39 is 18.2 Å². The number of rotatable bonds is 6. The first-order valence-corrected chi connectivity index (χ1v) is 14.8. The number of amides is 2. The van der Waals surface area contributed by atoms with Crippen LogP contribution in [0.2, 0.25) is 0 Å². The van der Waals surface area contributed by atoms with Crippen molar-refractivity contribution < 1.29 is 32.3 Å². The van der Waals surface area contributed by atoms with Crippen LogP contribution in [-0.4, -0.2) is 81.2 Å². The summed E-state index contributed by atoms with van der Waals surface area (Å²) in [6, 6.07) is 8.87. The minimum absolute atomic E-state index is 0.0998. The zero-order chi connectivity index (χ0) is 32.3. The molecular formula is C31H31F3N8O4. The number of piperidine rings is 1. The molecule has 0 spiro atoms. The molecule has 0 saturated carbocycles. The van der Waals surface area contributed by atoms with Crippen molar-refractivity contribution >= 4 is 34.3 Å². The molecule has 1 N–H and O–H groups in total. The number of likely N-dealkylation sites (tertiary alicyclic amines) is 1. The Morgan fingerprint density at radius 1 is 1.11 bits per heavy atom. The largest absolute Gasteiger partial charge is 0.493 e. The van der Waals surface area contributed by atoms with E-state index >= 15 is 0 Å².